The van der Waals surface area contributed by atoms with E-state index in [1.165, 1.54) is 84.0 Å². The molecule has 0 bridgehead atoms. The summed E-state index contributed by atoms with van der Waals surface area (Å²) in [6, 6.07) is 0. The second kappa shape index (κ2) is 15.3. The normalized spacial score (nSPS) is 18.8. The van der Waals surface area contributed by atoms with E-state index in [1.54, 1.807) is 0 Å². The van der Waals surface area contributed by atoms with Gasteiger partial charge in [0.05, 0.1) is 6.61 Å². The average molecular weight is 397 g/mol. The highest BCUT2D eigenvalue weighted by Crippen LogP contribution is 2.36. The topological polar surface area (TPSA) is 46.5 Å². The SMILES string of the molecule is CC(C)CCCC(C)CCCC(CCCCOC(=O)C(C)O)C1CCCCC1. The van der Waals surface area contributed by atoms with E-state index in [2.05, 4.69) is 20.8 Å². The van der Waals surface area contributed by atoms with Crippen molar-refractivity contribution in [3.05, 3.63) is 0 Å². The summed E-state index contributed by atoms with van der Waals surface area (Å²) in [6.45, 7) is 9.00. The Bertz CT molecular complexity index is 385. The largest absolute Gasteiger partial charge is 0.464 e. The molecule has 0 spiro atoms. The van der Waals surface area contributed by atoms with E-state index in [4.69, 9.17) is 4.74 Å². The zero-order valence-corrected chi connectivity index (χ0v) is 19.3. The lowest BCUT2D eigenvalue weighted by atomic mass is 9.75. The number of hydrogen-bond donors (Lipinski definition) is 1. The third-order valence-corrected chi connectivity index (χ3v) is 6.62. The molecule has 3 heteroatoms. The third kappa shape index (κ3) is 12.1. The molecule has 1 aliphatic carbocycles. The molecule has 3 unspecified atom stereocenters. The first-order valence-corrected chi connectivity index (χ1v) is 12.2. The predicted molar refractivity (Wildman–Crippen MR) is 118 cm³/mol. The van der Waals surface area contributed by atoms with Crippen LogP contribution >= 0.6 is 0 Å². The molecule has 0 aromatic heterocycles. The number of hydrogen-bond acceptors (Lipinski definition) is 3. The quantitative estimate of drug-likeness (QED) is 0.242. The zero-order chi connectivity index (χ0) is 20.8. The summed E-state index contributed by atoms with van der Waals surface area (Å²) < 4.78 is 5.11. The van der Waals surface area contributed by atoms with Crippen molar-refractivity contribution in [3.8, 4) is 0 Å². The van der Waals surface area contributed by atoms with Crippen molar-refractivity contribution >= 4 is 5.97 Å². The van der Waals surface area contributed by atoms with Gasteiger partial charge in [-0.25, -0.2) is 4.79 Å². The number of aliphatic hydroxyl groups excluding tert-OH is 1. The van der Waals surface area contributed by atoms with Crippen molar-refractivity contribution in [1.82, 2.24) is 0 Å². The van der Waals surface area contributed by atoms with E-state index < -0.39 is 12.1 Å². The number of carbonyl (C=O) groups is 1. The maximum Gasteiger partial charge on any atom is 0.334 e. The molecule has 166 valence electrons. The summed E-state index contributed by atoms with van der Waals surface area (Å²) in [5.74, 6) is 2.99. The van der Waals surface area contributed by atoms with Crippen molar-refractivity contribution in [3.63, 3.8) is 0 Å². The van der Waals surface area contributed by atoms with Crippen LogP contribution in [0, 0.1) is 23.7 Å². The first-order valence-electron chi connectivity index (χ1n) is 12.2. The van der Waals surface area contributed by atoms with Crippen LogP contribution in [-0.4, -0.2) is 23.8 Å². The molecule has 1 rings (SSSR count). The number of aliphatic hydroxyl groups is 1. The molecule has 0 radical (unpaired) electrons. The molecule has 1 saturated carbocycles. The molecule has 3 atom stereocenters. The molecule has 3 nitrogen and oxygen atoms in total. The second-order valence-corrected chi connectivity index (χ2v) is 9.86. The van der Waals surface area contributed by atoms with Crippen LogP contribution < -0.4 is 0 Å². The first kappa shape index (κ1) is 25.5. The van der Waals surface area contributed by atoms with Crippen LogP contribution in [0.25, 0.3) is 0 Å². The number of ether oxygens (including phenoxy) is 1. The lowest BCUT2D eigenvalue weighted by Gasteiger charge is -2.31. The maximum absolute atomic E-state index is 11.3. The Morgan fingerprint density at radius 2 is 1.46 bits per heavy atom. The van der Waals surface area contributed by atoms with Gasteiger partial charge in [0.15, 0.2) is 0 Å². The highest BCUT2D eigenvalue weighted by molar-refractivity contribution is 5.73. The highest BCUT2D eigenvalue weighted by atomic mass is 16.5. The molecule has 0 aromatic carbocycles. The molecule has 1 N–H and O–H groups in total. The Morgan fingerprint density at radius 3 is 2.07 bits per heavy atom. The molecule has 28 heavy (non-hydrogen) atoms. The minimum Gasteiger partial charge on any atom is -0.464 e. The van der Waals surface area contributed by atoms with Gasteiger partial charge in [-0.1, -0.05) is 97.8 Å². The van der Waals surface area contributed by atoms with Crippen molar-refractivity contribution in [1.29, 1.82) is 0 Å². The monoisotopic (exact) mass is 396 g/mol. The number of rotatable bonds is 15. The van der Waals surface area contributed by atoms with E-state index in [9.17, 15) is 9.90 Å². The fourth-order valence-electron chi connectivity index (χ4n) is 4.77. The van der Waals surface area contributed by atoms with Gasteiger partial charge >= 0.3 is 5.97 Å². The average Bonchev–Trinajstić information content (AvgIpc) is 2.66. The van der Waals surface area contributed by atoms with Gasteiger partial charge in [0.2, 0.25) is 0 Å². The second-order valence-electron chi connectivity index (χ2n) is 9.86. The maximum atomic E-state index is 11.3. The summed E-state index contributed by atoms with van der Waals surface area (Å²) in [4.78, 5) is 11.3. The Hall–Kier alpha value is -0.570. The highest BCUT2D eigenvalue weighted by Gasteiger charge is 2.23. The molecule has 0 aromatic rings. The lowest BCUT2D eigenvalue weighted by Crippen LogP contribution is -2.20. The molecule has 0 saturated heterocycles. The Morgan fingerprint density at radius 1 is 0.857 bits per heavy atom. The Balaban J connectivity index is 2.28. The van der Waals surface area contributed by atoms with Crippen molar-refractivity contribution in [2.45, 2.75) is 124 Å². The smallest absolute Gasteiger partial charge is 0.334 e. The van der Waals surface area contributed by atoms with Crippen molar-refractivity contribution in [2.24, 2.45) is 23.7 Å². The van der Waals surface area contributed by atoms with Crippen LogP contribution in [0.15, 0.2) is 0 Å². The van der Waals surface area contributed by atoms with Crippen LogP contribution in [0.1, 0.15) is 118 Å². The molecular weight excluding hydrogens is 348 g/mol. The fraction of sp³-hybridized carbons (Fsp3) is 0.960. The van der Waals surface area contributed by atoms with Gasteiger partial charge in [0, 0.05) is 0 Å². The van der Waals surface area contributed by atoms with E-state index in [0.29, 0.717) is 6.61 Å². The van der Waals surface area contributed by atoms with Gasteiger partial charge in [0.25, 0.3) is 0 Å². The molecule has 0 aliphatic heterocycles. The van der Waals surface area contributed by atoms with Gasteiger partial charge in [-0.2, -0.15) is 0 Å². The van der Waals surface area contributed by atoms with Gasteiger partial charge in [-0.15, -0.1) is 0 Å². The van der Waals surface area contributed by atoms with Gasteiger partial charge < -0.3 is 9.84 Å². The standard InChI is InChI=1S/C25H48O3/c1-20(2)12-10-13-21(3)14-11-18-24(23-15-6-5-7-16-23)17-8-9-19-28-25(27)22(4)26/h20-24,26H,5-19H2,1-4H3. The summed E-state index contributed by atoms with van der Waals surface area (Å²) in [5, 5.41) is 9.18. The fourth-order valence-corrected chi connectivity index (χ4v) is 4.77. The third-order valence-electron chi connectivity index (χ3n) is 6.62. The summed E-state index contributed by atoms with van der Waals surface area (Å²) in [5.41, 5.74) is 0. The van der Waals surface area contributed by atoms with Crippen molar-refractivity contribution < 1.29 is 14.6 Å². The molecular formula is C25H48O3. The Kier molecular flexibility index (Phi) is 13.9. The summed E-state index contributed by atoms with van der Waals surface area (Å²) in [6.07, 6.45) is 17.7. The molecule has 0 heterocycles. The zero-order valence-electron chi connectivity index (χ0n) is 19.3. The van der Waals surface area contributed by atoms with E-state index in [1.807, 2.05) is 0 Å². The van der Waals surface area contributed by atoms with E-state index in [-0.39, 0.29) is 0 Å². The number of esters is 1. The van der Waals surface area contributed by atoms with Crippen LogP contribution in [0.3, 0.4) is 0 Å². The summed E-state index contributed by atoms with van der Waals surface area (Å²) >= 11 is 0. The van der Waals surface area contributed by atoms with Crippen LogP contribution in [0.2, 0.25) is 0 Å². The van der Waals surface area contributed by atoms with Gasteiger partial charge in [0.1, 0.15) is 6.10 Å². The predicted octanol–water partition coefficient (Wildman–Crippen LogP) is 6.91. The van der Waals surface area contributed by atoms with Gasteiger partial charge in [-0.3, -0.25) is 0 Å². The van der Waals surface area contributed by atoms with E-state index >= 15 is 0 Å². The molecule has 1 fully saturated rings. The molecule has 1 aliphatic rings. The lowest BCUT2D eigenvalue weighted by molar-refractivity contribution is -0.152. The summed E-state index contributed by atoms with van der Waals surface area (Å²) in [7, 11) is 0. The molecule has 0 amide bonds. The van der Waals surface area contributed by atoms with Crippen LogP contribution in [0.5, 0.6) is 0 Å². The van der Waals surface area contributed by atoms with E-state index in [0.717, 1.165) is 36.5 Å². The minimum absolute atomic E-state index is 0.452. The Labute approximate surface area is 175 Å². The van der Waals surface area contributed by atoms with Crippen molar-refractivity contribution in [2.75, 3.05) is 6.61 Å². The van der Waals surface area contributed by atoms with Gasteiger partial charge in [-0.05, 0) is 43.4 Å². The number of carbonyl (C=O) groups excluding carboxylic acids is 1. The van der Waals surface area contributed by atoms with Crippen LogP contribution in [-0.2, 0) is 9.53 Å². The minimum atomic E-state index is -1.00. The first-order chi connectivity index (χ1) is 13.4. The number of unbranched alkanes of at least 4 members (excludes halogenated alkanes) is 1. The van der Waals surface area contributed by atoms with Crippen LogP contribution in [0.4, 0.5) is 0 Å².